The maximum absolute atomic E-state index is 13.7. The van der Waals surface area contributed by atoms with Gasteiger partial charge in [0.1, 0.15) is 12.1 Å². The van der Waals surface area contributed by atoms with Crippen LogP contribution < -0.4 is 5.73 Å². The molecule has 0 radical (unpaired) electrons. The van der Waals surface area contributed by atoms with E-state index in [2.05, 4.69) is 0 Å². The highest BCUT2D eigenvalue weighted by atomic mass is 16.6. The van der Waals surface area contributed by atoms with E-state index in [-0.39, 0.29) is 43.9 Å². The zero-order chi connectivity index (χ0) is 28.7. The second-order valence-electron chi connectivity index (χ2n) is 9.87. The van der Waals surface area contributed by atoms with Crippen LogP contribution in [0, 0.1) is 0 Å². The summed E-state index contributed by atoms with van der Waals surface area (Å²) in [7, 11) is 0. The van der Waals surface area contributed by atoms with E-state index in [4.69, 9.17) is 10.5 Å². The number of nitrogens with two attached hydrogens (primary N) is 1. The van der Waals surface area contributed by atoms with Crippen LogP contribution in [-0.4, -0.2) is 61.4 Å². The number of hydrogen-bond donors (Lipinski definition) is 4. The third-order valence-corrected chi connectivity index (χ3v) is 7.28. The highest BCUT2D eigenvalue weighted by Crippen LogP contribution is 2.37. The summed E-state index contributed by atoms with van der Waals surface area (Å²) in [4.78, 5) is 39.5. The first kappa shape index (κ1) is 28.4. The smallest absolute Gasteiger partial charge is 0.425 e. The minimum atomic E-state index is -1.39. The van der Waals surface area contributed by atoms with E-state index in [0.29, 0.717) is 24.0 Å². The first-order valence-corrected chi connectivity index (χ1v) is 13.1. The minimum Gasteiger partial charge on any atom is -0.504 e. The fraction of sp³-hybridized carbons (Fsp3) is 0.300. The predicted molar refractivity (Wildman–Crippen MR) is 146 cm³/mol. The number of hydrogen-bond acceptors (Lipinski definition) is 7. The number of aryl methyl sites for hydroxylation is 1. The molecule has 4 rings (SSSR count). The number of amides is 2. The highest BCUT2D eigenvalue weighted by Gasteiger charge is 2.52. The zero-order valence-electron chi connectivity index (χ0n) is 22.0. The maximum Gasteiger partial charge on any atom is 0.425 e. The summed E-state index contributed by atoms with van der Waals surface area (Å²) in [6.07, 6.45) is 0.287. The summed E-state index contributed by atoms with van der Waals surface area (Å²) in [5.74, 6) is -2.52. The third kappa shape index (κ3) is 6.35. The van der Waals surface area contributed by atoms with Gasteiger partial charge in [0.25, 0.3) is 0 Å². The summed E-state index contributed by atoms with van der Waals surface area (Å²) in [5.41, 5.74) is 6.65. The molecule has 210 valence electrons. The number of carbonyl (C=O) groups is 3. The van der Waals surface area contributed by atoms with Crippen LogP contribution in [-0.2, 0) is 33.8 Å². The number of aliphatic carboxylic acids is 1. The van der Waals surface area contributed by atoms with E-state index in [1.54, 1.807) is 54.6 Å². The van der Waals surface area contributed by atoms with Gasteiger partial charge >= 0.3 is 12.1 Å². The number of carbonyl (C=O) groups excluding carboxylic acids is 2. The van der Waals surface area contributed by atoms with E-state index in [1.165, 1.54) is 17.1 Å². The molecule has 1 aliphatic rings. The van der Waals surface area contributed by atoms with E-state index >= 15 is 0 Å². The number of aromatic hydroxyl groups is 2. The molecular weight excluding hydrogens is 514 g/mol. The van der Waals surface area contributed by atoms with Gasteiger partial charge in [0, 0.05) is 13.0 Å². The van der Waals surface area contributed by atoms with Crippen molar-refractivity contribution in [2.45, 2.75) is 50.3 Å². The maximum atomic E-state index is 13.7. The Kier molecular flexibility index (Phi) is 8.90. The Morgan fingerprint density at radius 1 is 0.925 bits per heavy atom. The van der Waals surface area contributed by atoms with Gasteiger partial charge in [-0.1, -0.05) is 66.7 Å². The first-order chi connectivity index (χ1) is 19.2. The van der Waals surface area contributed by atoms with Crippen molar-refractivity contribution < 1.29 is 34.4 Å². The van der Waals surface area contributed by atoms with Gasteiger partial charge in [0.2, 0.25) is 5.91 Å². The number of phenolic OH excluding ortho intramolecular Hbond substituents is 2. The third-order valence-electron chi connectivity index (χ3n) is 7.28. The molecule has 2 atom stereocenters. The molecule has 5 N–H and O–H groups in total. The fourth-order valence-corrected chi connectivity index (χ4v) is 5.18. The number of carboxylic acids is 1. The number of benzene rings is 3. The van der Waals surface area contributed by atoms with Crippen LogP contribution in [0.1, 0.15) is 36.0 Å². The van der Waals surface area contributed by atoms with Crippen LogP contribution in [0.4, 0.5) is 4.79 Å². The quantitative estimate of drug-likeness (QED) is 0.266. The van der Waals surface area contributed by atoms with Gasteiger partial charge in [-0.2, -0.15) is 5.01 Å². The van der Waals surface area contributed by atoms with Crippen molar-refractivity contribution >= 4 is 18.0 Å². The lowest BCUT2D eigenvalue weighted by molar-refractivity contribution is -0.162. The monoisotopic (exact) mass is 547 g/mol. The molecule has 1 fully saturated rings. The second kappa shape index (κ2) is 12.5. The molecule has 3 aromatic carbocycles. The SMILES string of the molecule is NC(=O)[C@]1(CCc2ccc(O)c(O)c2)CCCN1N(C(=O)OCc1ccccc1)[C@H](Cc1ccccc1)C(=O)O. The molecule has 0 aliphatic carbocycles. The summed E-state index contributed by atoms with van der Waals surface area (Å²) in [5, 5.41) is 32.4. The van der Waals surface area contributed by atoms with Gasteiger partial charge in [-0.3, -0.25) is 4.79 Å². The van der Waals surface area contributed by atoms with Crippen LogP contribution in [0.15, 0.2) is 78.9 Å². The lowest BCUT2D eigenvalue weighted by atomic mass is 9.88. The van der Waals surface area contributed by atoms with Gasteiger partial charge in [0.15, 0.2) is 17.5 Å². The molecule has 3 aromatic rings. The van der Waals surface area contributed by atoms with Crippen LogP contribution in [0.25, 0.3) is 0 Å². The number of phenols is 2. The molecule has 40 heavy (non-hydrogen) atoms. The second-order valence-corrected chi connectivity index (χ2v) is 9.87. The van der Waals surface area contributed by atoms with E-state index in [9.17, 15) is 29.7 Å². The summed E-state index contributed by atoms with van der Waals surface area (Å²) >= 11 is 0. The molecule has 1 aliphatic heterocycles. The predicted octanol–water partition coefficient (Wildman–Crippen LogP) is 3.60. The lowest BCUT2D eigenvalue weighted by Gasteiger charge is -2.44. The Labute approximate surface area is 232 Å². The number of hydrazine groups is 1. The van der Waals surface area contributed by atoms with Crippen molar-refractivity contribution in [1.82, 2.24) is 10.0 Å². The molecule has 10 heteroatoms. The van der Waals surface area contributed by atoms with Gasteiger partial charge in [-0.05, 0) is 54.5 Å². The molecular formula is C30H33N3O7. The lowest BCUT2D eigenvalue weighted by Crippen LogP contribution is -2.65. The van der Waals surface area contributed by atoms with Crippen molar-refractivity contribution in [1.29, 1.82) is 0 Å². The van der Waals surface area contributed by atoms with E-state index in [1.807, 2.05) is 12.1 Å². The Morgan fingerprint density at radius 3 is 2.17 bits per heavy atom. The fourth-order valence-electron chi connectivity index (χ4n) is 5.18. The number of rotatable bonds is 11. The number of primary amides is 1. The van der Waals surface area contributed by atoms with Crippen LogP contribution in [0.2, 0.25) is 0 Å². The Bertz CT molecular complexity index is 1340. The largest absolute Gasteiger partial charge is 0.504 e. The van der Waals surface area contributed by atoms with Crippen molar-refractivity contribution in [3.8, 4) is 11.5 Å². The van der Waals surface area contributed by atoms with Gasteiger partial charge in [-0.15, -0.1) is 0 Å². The summed E-state index contributed by atoms with van der Waals surface area (Å²) in [6, 6.07) is 20.9. The topological polar surface area (TPSA) is 154 Å². The average molecular weight is 548 g/mol. The molecule has 10 nitrogen and oxygen atoms in total. The molecule has 0 spiro atoms. The van der Waals surface area contributed by atoms with Gasteiger partial charge in [-0.25, -0.2) is 14.6 Å². The molecule has 2 amide bonds. The van der Waals surface area contributed by atoms with Crippen molar-refractivity contribution in [2.24, 2.45) is 5.73 Å². The van der Waals surface area contributed by atoms with Crippen molar-refractivity contribution in [3.05, 3.63) is 95.6 Å². The van der Waals surface area contributed by atoms with Crippen LogP contribution in [0.3, 0.4) is 0 Å². The molecule has 0 unspecified atom stereocenters. The normalized spacial score (nSPS) is 17.7. The molecule has 0 aromatic heterocycles. The van der Waals surface area contributed by atoms with E-state index < -0.39 is 29.6 Å². The Hall–Kier alpha value is -4.57. The molecule has 0 bridgehead atoms. The van der Waals surface area contributed by atoms with E-state index in [0.717, 1.165) is 10.6 Å². The first-order valence-electron chi connectivity index (χ1n) is 13.1. The minimum absolute atomic E-state index is 0.0201. The van der Waals surface area contributed by atoms with Crippen LogP contribution >= 0.6 is 0 Å². The molecule has 1 saturated heterocycles. The number of nitrogens with zero attached hydrogens (tertiary/aromatic N) is 2. The van der Waals surface area contributed by atoms with Gasteiger partial charge < -0.3 is 25.8 Å². The Balaban J connectivity index is 1.68. The number of ether oxygens (including phenoxy) is 1. The zero-order valence-corrected chi connectivity index (χ0v) is 22.0. The molecule has 0 saturated carbocycles. The van der Waals surface area contributed by atoms with Crippen molar-refractivity contribution in [3.63, 3.8) is 0 Å². The Morgan fingerprint density at radius 2 is 1.57 bits per heavy atom. The standard InChI is InChI=1S/C30H33N3O7/c31-28(38)30(16-14-22-12-13-25(34)26(35)19-22)15-7-17-32(30)33(29(39)40-20-23-10-5-2-6-11-23)24(27(36)37)18-21-8-3-1-4-9-21/h1-6,8-13,19,24,34-35H,7,14-18,20H2,(H2,31,38)(H,36,37)/t24-,30-/m1/s1. The average Bonchev–Trinajstić information content (AvgIpc) is 3.38. The summed E-state index contributed by atoms with van der Waals surface area (Å²) < 4.78 is 5.61. The van der Waals surface area contributed by atoms with Gasteiger partial charge in [0.05, 0.1) is 0 Å². The summed E-state index contributed by atoms with van der Waals surface area (Å²) in [6.45, 7) is 0.126. The molecule has 1 heterocycles. The highest BCUT2D eigenvalue weighted by molar-refractivity contribution is 5.86. The number of carboxylic acid groups (broad SMARTS) is 1. The van der Waals surface area contributed by atoms with Crippen LogP contribution in [0.5, 0.6) is 11.5 Å². The van der Waals surface area contributed by atoms with Crippen molar-refractivity contribution in [2.75, 3.05) is 6.54 Å².